The van der Waals surface area contributed by atoms with Crippen molar-refractivity contribution in [2.24, 2.45) is 0 Å². The monoisotopic (exact) mass is 348 g/mol. The van der Waals surface area contributed by atoms with Gasteiger partial charge in [-0.2, -0.15) is 0 Å². The molecule has 94 valence electrons. The van der Waals surface area contributed by atoms with E-state index in [2.05, 4.69) is 15.9 Å². The number of hydrogen-bond donors (Lipinski definition) is 0. The Kier molecular flexibility index (Phi) is 4.49. The van der Waals surface area contributed by atoms with E-state index in [0.29, 0.717) is 26.9 Å². The Bertz CT molecular complexity index is 575. The van der Waals surface area contributed by atoms with Crippen molar-refractivity contribution >= 4 is 39.1 Å². The maximum Gasteiger partial charge on any atom is 0.146 e. The number of benzene rings is 2. The predicted molar refractivity (Wildman–Crippen MR) is 75.2 cm³/mol. The Hall–Kier alpha value is -0.770. The first-order valence-electron chi connectivity index (χ1n) is 5.07. The van der Waals surface area contributed by atoms with Gasteiger partial charge in [0, 0.05) is 5.88 Å². The maximum absolute atomic E-state index is 12.9. The quantitative estimate of drug-likeness (QED) is 0.639. The molecule has 0 radical (unpaired) electrons. The number of halogens is 4. The van der Waals surface area contributed by atoms with Crippen LogP contribution in [0.15, 0.2) is 40.9 Å². The summed E-state index contributed by atoms with van der Waals surface area (Å²) in [6.07, 6.45) is 0. The van der Waals surface area contributed by atoms with E-state index in [1.807, 2.05) is 6.07 Å². The normalized spacial score (nSPS) is 10.4. The molecule has 18 heavy (non-hydrogen) atoms. The van der Waals surface area contributed by atoms with Crippen LogP contribution in [0.1, 0.15) is 5.56 Å². The molecular formula is C13H8BrCl2FO. The lowest BCUT2D eigenvalue weighted by Gasteiger charge is -2.10. The zero-order valence-corrected chi connectivity index (χ0v) is 12.2. The van der Waals surface area contributed by atoms with E-state index < -0.39 is 0 Å². The predicted octanol–water partition coefficient (Wildman–Crippen LogP) is 5.77. The molecule has 0 saturated heterocycles. The van der Waals surface area contributed by atoms with Crippen LogP contribution in [0.4, 0.5) is 4.39 Å². The van der Waals surface area contributed by atoms with Crippen LogP contribution in [0, 0.1) is 5.82 Å². The average Bonchev–Trinajstić information content (AvgIpc) is 2.34. The fourth-order valence-electron chi connectivity index (χ4n) is 1.39. The summed E-state index contributed by atoms with van der Waals surface area (Å²) < 4.78 is 19.1. The SMILES string of the molecule is Fc1ccc(Oc2ccc(CCl)cc2Cl)c(Br)c1. The van der Waals surface area contributed by atoms with E-state index >= 15 is 0 Å². The third-order valence-corrected chi connectivity index (χ3v) is 3.49. The van der Waals surface area contributed by atoms with Gasteiger partial charge < -0.3 is 4.74 Å². The lowest BCUT2D eigenvalue weighted by atomic mass is 10.2. The van der Waals surface area contributed by atoms with Gasteiger partial charge >= 0.3 is 0 Å². The minimum Gasteiger partial charge on any atom is -0.455 e. The van der Waals surface area contributed by atoms with E-state index in [1.54, 1.807) is 12.1 Å². The smallest absolute Gasteiger partial charge is 0.146 e. The van der Waals surface area contributed by atoms with E-state index in [9.17, 15) is 4.39 Å². The van der Waals surface area contributed by atoms with Crippen LogP contribution >= 0.6 is 39.1 Å². The minimum atomic E-state index is -0.335. The first-order chi connectivity index (χ1) is 8.60. The van der Waals surface area contributed by atoms with Gasteiger partial charge in [-0.25, -0.2) is 4.39 Å². The van der Waals surface area contributed by atoms with E-state index in [4.69, 9.17) is 27.9 Å². The van der Waals surface area contributed by atoms with Crippen molar-refractivity contribution < 1.29 is 9.13 Å². The van der Waals surface area contributed by atoms with E-state index in [1.165, 1.54) is 18.2 Å². The van der Waals surface area contributed by atoms with Gasteiger partial charge in [0.1, 0.15) is 17.3 Å². The second-order valence-corrected chi connectivity index (χ2v) is 5.10. The summed E-state index contributed by atoms with van der Waals surface area (Å²) in [5, 5.41) is 0.462. The second kappa shape index (κ2) is 5.91. The zero-order chi connectivity index (χ0) is 13.1. The summed E-state index contributed by atoms with van der Waals surface area (Å²) in [5.74, 6) is 1.05. The Morgan fingerprint density at radius 2 is 1.83 bits per heavy atom. The molecule has 0 atom stereocenters. The van der Waals surface area contributed by atoms with Crippen molar-refractivity contribution in [2.75, 3.05) is 0 Å². The zero-order valence-electron chi connectivity index (χ0n) is 9.09. The summed E-state index contributed by atoms with van der Waals surface area (Å²) in [7, 11) is 0. The molecule has 2 aromatic carbocycles. The first kappa shape index (κ1) is 13.7. The van der Waals surface area contributed by atoms with Crippen LogP contribution in [0.2, 0.25) is 5.02 Å². The van der Waals surface area contributed by atoms with Gasteiger partial charge in [0.05, 0.1) is 9.50 Å². The van der Waals surface area contributed by atoms with Gasteiger partial charge in [-0.15, -0.1) is 11.6 Å². The molecule has 0 aromatic heterocycles. The van der Waals surface area contributed by atoms with Gasteiger partial charge in [-0.1, -0.05) is 17.7 Å². The molecule has 0 N–H and O–H groups in total. The van der Waals surface area contributed by atoms with E-state index in [-0.39, 0.29) is 5.82 Å². The molecule has 0 spiro atoms. The van der Waals surface area contributed by atoms with E-state index in [0.717, 1.165) is 5.56 Å². The topological polar surface area (TPSA) is 9.23 Å². The molecule has 2 rings (SSSR count). The second-order valence-electron chi connectivity index (χ2n) is 3.58. The highest BCUT2D eigenvalue weighted by molar-refractivity contribution is 9.10. The molecule has 0 amide bonds. The molecule has 0 saturated carbocycles. The van der Waals surface area contributed by atoms with Crippen molar-refractivity contribution in [3.05, 3.63) is 57.3 Å². The van der Waals surface area contributed by atoms with Crippen LogP contribution < -0.4 is 4.74 Å². The lowest BCUT2D eigenvalue weighted by Crippen LogP contribution is -1.88. The molecule has 0 aliphatic carbocycles. The van der Waals surface area contributed by atoms with Gasteiger partial charge in [-0.3, -0.25) is 0 Å². The molecule has 0 heterocycles. The maximum atomic E-state index is 12.9. The van der Waals surface area contributed by atoms with Gasteiger partial charge in [0.25, 0.3) is 0 Å². The molecule has 0 bridgehead atoms. The molecule has 0 aliphatic heterocycles. The number of alkyl halides is 1. The Labute approximate surface area is 123 Å². The average molecular weight is 350 g/mol. The first-order valence-corrected chi connectivity index (χ1v) is 6.78. The van der Waals surface area contributed by atoms with Crippen LogP contribution in [0.3, 0.4) is 0 Å². The van der Waals surface area contributed by atoms with Crippen molar-refractivity contribution in [3.63, 3.8) is 0 Å². The standard InChI is InChI=1S/C13H8BrCl2FO/c14-10-6-9(17)2-4-12(10)18-13-3-1-8(7-15)5-11(13)16/h1-6H,7H2. The Morgan fingerprint density at radius 3 is 2.44 bits per heavy atom. The summed E-state index contributed by atoms with van der Waals surface area (Å²) in [5.41, 5.74) is 0.909. The van der Waals surface area contributed by atoms with Gasteiger partial charge in [-0.05, 0) is 51.8 Å². The summed E-state index contributed by atoms with van der Waals surface area (Å²) >= 11 is 15.0. The van der Waals surface area contributed by atoms with Crippen LogP contribution in [-0.2, 0) is 5.88 Å². The molecule has 0 aliphatic rings. The summed E-state index contributed by atoms with van der Waals surface area (Å²) in [6.45, 7) is 0. The summed E-state index contributed by atoms with van der Waals surface area (Å²) in [4.78, 5) is 0. The number of hydrogen-bond acceptors (Lipinski definition) is 1. The highest BCUT2D eigenvalue weighted by Gasteiger charge is 2.08. The number of ether oxygens (including phenoxy) is 1. The molecule has 0 unspecified atom stereocenters. The van der Waals surface area contributed by atoms with Crippen molar-refractivity contribution in [1.29, 1.82) is 0 Å². The summed E-state index contributed by atoms with van der Waals surface area (Å²) in [6, 6.07) is 9.48. The third-order valence-electron chi connectivity index (χ3n) is 2.26. The van der Waals surface area contributed by atoms with Crippen molar-refractivity contribution in [3.8, 4) is 11.5 Å². The molecule has 2 aromatic rings. The third kappa shape index (κ3) is 3.16. The Balaban J connectivity index is 2.28. The fourth-order valence-corrected chi connectivity index (χ4v) is 2.23. The molecule has 0 fully saturated rings. The van der Waals surface area contributed by atoms with Crippen LogP contribution in [0.5, 0.6) is 11.5 Å². The number of rotatable bonds is 3. The highest BCUT2D eigenvalue weighted by atomic mass is 79.9. The highest BCUT2D eigenvalue weighted by Crippen LogP contribution is 2.34. The lowest BCUT2D eigenvalue weighted by molar-refractivity contribution is 0.477. The Morgan fingerprint density at radius 1 is 1.11 bits per heavy atom. The van der Waals surface area contributed by atoms with Crippen molar-refractivity contribution in [1.82, 2.24) is 0 Å². The van der Waals surface area contributed by atoms with Crippen LogP contribution in [0.25, 0.3) is 0 Å². The minimum absolute atomic E-state index is 0.335. The van der Waals surface area contributed by atoms with Crippen LogP contribution in [-0.4, -0.2) is 0 Å². The van der Waals surface area contributed by atoms with Gasteiger partial charge in [0.2, 0.25) is 0 Å². The molecule has 1 nitrogen and oxygen atoms in total. The largest absolute Gasteiger partial charge is 0.455 e. The van der Waals surface area contributed by atoms with Gasteiger partial charge in [0.15, 0.2) is 0 Å². The molecular weight excluding hydrogens is 342 g/mol. The fraction of sp³-hybridized carbons (Fsp3) is 0.0769. The molecule has 5 heteroatoms. The van der Waals surface area contributed by atoms with Crippen molar-refractivity contribution in [2.45, 2.75) is 5.88 Å².